The van der Waals surface area contributed by atoms with Crippen LogP contribution < -0.4 is 16.4 Å². The van der Waals surface area contributed by atoms with Crippen LogP contribution in [0.5, 0.6) is 0 Å². The lowest BCUT2D eigenvalue weighted by Gasteiger charge is -2.29. The third-order valence-corrected chi connectivity index (χ3v) is 4.56. The Morgan fingerprint density at radius 2 is 2.12 bits per heavy atom. The molecule has 0 saturated carbocycles. The zero-order chi connectivity index (χ0) is 17.8. The first-order valence-electron chi connectivity index (χ1n) is 8.43. The highest BCUT2D eigenvalue weighted by Gasteiger charge is 2.39. The van der Waals surface area contributed by atoms with Crippen LogP contribution in [0.2, 0.25) is 0 Å². The summed E-state index contributed by atoms with van der Waals surface area (Å²) in [5.74, 6) is -0.806. The Morgan fingerprint density at radius 1 is 1.28 bits per heavy atom. The van der Waals surface area contributed by atoms with Crippen molar-refractivity contribution in [3.8, 4) is 0 Å². The van der Waals surface area contributed by atoms with Gasteiger partial charge >= 0.3 is 0 Å². The number of fused-ring (bicyclic) bond motifs is 1. The summed E-state index contributed by atoms with van der Waals surface area (Å²) in [5, 5.41) is 5.61. The predicted octanol–water partition coefficient (Wildman–Crippen LogP) is 0.0521. The van der Waals surface area contributed by atoms with Crippen molar-refractivity contribution >= 4 is 17.7 Å². The molecule has 2 aliphatic rings. The second kappa shape index (κ2) is 7.58. The number of amides is 3. The van der Waals surface area contributed by atoms with Crippen LogP contribution in [0.1, 0.15) is 34.3 Å². The summed E-state index contributed by atoms with van der Waals surface area (Å²) >= 11 is 0. The van der Waals surface area contributed by atoms with Gasteiger partial charge in [0.2, 0.25) is 11.8 Å². The molecular formula is C18H22N4O3. The number of imide groups is 1. The average Bonchev–Trinajstić information content (AvgIpc) is 2.92. The molecule has 1 aromatic carbocycles. The third-order valence-electron chi connectivity index (χ3n) is 4.56. The fourth-order valence-electron chi connectivity index (χ4n) is 3.29. The van der Waals surface area contributed by atoms with Crippen molar-refractivity contribution in [2.75, 3.05) is 13.1 Å². The number of nitrogens with zero attached hydrogens (tertiary/aromatic N) is 1. The standard InChI is InChI=1S/C18H22N4O3/c19-8-1-2-9-20-10-12-4-3-5-13-14(12)11-22(18(13)25)15-6-7-16(23)21-17(15)24/h1-5,15,20H,6-11,19H2,(H,21,23,24)/b2-1+. The Labute approximate surface area is 146 Å². The molecule has 2 heterocycles. The quantitative estimate of drug-likeness (QED) is 0.385. The average molecular weight is 342 g/mol. The Morgan fingerprint density at radius 3 is 2.88 bits per heavy atom. The van der Waals surface area contributed by atoms with Crippen LogP contribution in [0.25, 0.3) is 0 Å². The number of piperidine rings is 1. The normalized spacial score (nSPS) is 20.3. The Hall–Kier alpha value is -2.51. The highest BCUT2D eigenvalue weighted by molar-refractivity contribution is 6.05. The highest BCUT2D eigenvalue weighted by Crippen LogP contribution is 2.29. The molecule has 1 aromatic rings. The molecule has 2 aliphatic heterocycles. The number of carbonyl (C=O) groups excluding carboxylic acids is 3. The van der Waals surface area contributed by atoms with Gasteiger partial charge in [0.25, 0.3) is 5.91 Å². The smallest absolute Gasteiger partial charge is 0.255 e. The summed E-state index contributed by atoms with van der Waals surface area (Å²) < 4.78 is 0. The minimum atomic E-state index is -0.578. The number of benzene rings is 1. The number of nitrogens with two attached hydrogens (primary N) is 1. The Kier molecular flexibility index (Phi) is 5.25. The molecule has 0 radical (unpaired) electrons. The van der Waals surface area contributed by atoms with Crippen molar-refractivity contribution in [1.82, 2.24) is 15.5 Å². The molecular weight excluding hydrogens is 320 g/mol. The number of carbonyl (C=O) groups is 3. The van der Waals surface area contributed by atoms with Gasteiger partial charge in [-0.15, -0.1) is 0 Å². The molecule has 0 bridgehead atoms. The molecule has 3 rings (SSSR count). The second-order valence-electron chi connectivity index (χ2n) is 6.18. The van der Waals surface area contributed by atoms with E-state index < -0.39 is 6.04 Å². The third kappa shape index (κ3) is 3.62. The Balaban J connectivity index is 1.72. The summed E-state index contributed by atoms with van der Waals surface area (Å²) in [6, 6.07) is 5.06. The van der Waals surface area contributed by atoms with Crippen molar-refractivity contribution in [3.63, 3.8) is 0 Å². The van der Waals surface area contributed by atoms with E-state index in [1.807, 2.05) is 24.3 Å². The van der Waals surface area contributed by atoms with Crippen LogP contribution in [-0.4, -0.2) is 41.8 Å². The largest absolute Gasteiger partial charge is 0.327 e. The number of hydrogen-bond acceptors (Lipinski definition) is 5. The van der Waals surface area contributed by atoms with Crippen molar-refractivity contribution in [2.45, 2.75) is 32.0 Å². The number of rotatable bonds is 6. The van der Waals surface area contributed by atoms with E-state index in [-0.39, 0.29) is 24.1 Å². The minimum Gasteiger partial charge on any atom is -0.327 e. The van der Waals surface area contributed by atoms with Gasteiger partial charge < -0.3 is 16.0 Å². The Bertz CT molecular complexity index is 729. The molecule has 3 amide bonds. The predicted molar refractivity (Wildman–Crippen MR) is 92.4 cm³/mol. The van der Waals surface area contributed by atoms with E-state index in [2.05, 4.69) is 10.6 Å². The molecule has 7 heteroatoms. The van der Waals surface area contributed by atoms with Gasteiger partial charge in [0, 0.05) is 38.2 Å². The van der Waals surface area contributed by atoms with E-state index in [0.29, 0.717) is 38.2 Å². The highest BCUT2D eigenvalue weighted by atomic mass is 16.2. The van der Waals surface area contributed by atoms with E-state index in [1.54, 1.807) is 11.0 Å². The lowest BCUT2D eigenvalue weighted by atomic mass is 10.0. The van der Waals surface area contributed by atoms with Crippen molar-refractivity contribution in [3.05, 3.63) is 47.0 Å². The van der Waals surface area contributed by atoms with Gasteiger partial charge in [0.05, 0.1) is 0 Å². The minimum absolute atomic E-state index is 0.144. The van der Waals surface area contributed by atoms with Gasteiger partial charge in [-0.25, -0.2) is 0 Å². The van der Waals surface area contributed by atoms with Crippen LogP contribution in [0, 0.1) is 0 Å². The fourth-order valence-corrected chi connectivity index (χ4v) is 3.29. The van der Waals surface area contributed by atoms with Crippen LogP contribution in [-0.2, 0) is 22.7 Å². The van der Waals surface area contributed by atoms with Gasteiger partial charge in [-0.1, -0.05) is 24.3 Å². The maximum absolute atomic E-state index is 12.7. The molecule has 1 saturated heterocycles. The lowest BCUT2D eigenvalue weighted by Crippen LogP contribution is -2.52. The van der Waals surface area contributed by atoms with Gasteiger partial charge in [-0.2, -0.15) is 0 Å². The van der Waals surface area contributed by atoms with Gasteiger partial charge in [0.15, 0.2) is 0 Å². The molecule has 0 aromatic heterocycles. The molecule has 7 nitrogen and oxygen atoms in total. The van der Waals surface area contributed by atoms with E-state index in [4.69, 9.17) is 5.73 Å². The summed E-state index contributed by atoms with van der Waals surface area (Å²) in [6.45, 7) is 2.25. The molecule has 132 valence electrons. The van der Waals surface area contributed by atoms with Crippen LogP contribution in [0.4, 0.5) is 0 Å². The van der Waals surface area contributed by atoms with Gasteiger partial charge in [-0.05, 0) is 23.6 Å². The number of hydrogen-bond donors (Lipinski definition) is 3. The summed E-state index contributed by atoms with van der Waals surface area (Å²) in [7, 11) is 0. The zero-order valence-corrected chi connectivity index (χ0v) is 14.0. The molecule has 1 atom stereocenters. The molecule has 0 spiro atoms. The van der Waals surface area contributed by atoms with Crippen LogP contribution in [0.15, 0.2) is 30.4 Å². The lowest BCUT2D eigenvalue weighted by molar-refractivity contribution is -0.136. The molecule has 25 heavy (non-hydrogen) atoms. The van der Waals surface area contributed by atoms with E-state index >= 15 is 0 Å². The molecule has 4 N–H and O–H groups in total. The molecule has 1 unspecified atom stereocenters. The fraction of sp³-hybridized carbons (Fsp3) is 0.389. The summed E-state index contributed by atoms with van der Waals surface area (Å²) in [5.41, 5.74) is 8.04. The maximum atomic E-state index is 12.7. The first-order chi connectivity index (χ1) is 12.1. The maximum Gasteiger partial charge on any atom is 0.255 e. The van der Waals surface area contributed by atoms with Gasteiger partial charge in [0.1, 0.15) is 6.04 Å². The van der Waals surface area contributed by atoms with Crippen molar-refractivity contribution in [1.29, 1.82) is 0 Å². The second-order valence-corrected chi connectivity index (χ2v) is 6.18. The van der Waals surface area contributed by atoms with Crippen molar-refractivity contribution in [2.24, 2.45) is 5.73 Å². The van der Waals surface area contributed by atoms with Crippen LogP contribution in [0.3, 0.4) is 0 Å². The van der Waals surface area contributed by atoms with E-state index in [9.17, 15) is 14.4 Å². The monoisotopic (exact) mass is 342 g/mol. The molecule has 1 fully saturated rings. The van der Waals surface area contributed by atoms with Gasteiger partial charge in [-0.3, -0.25) is 19.7 Å². The zero-order valence-electron chi connectivity index (χ0n) is 14.0. The van der Waals surface area contributed by atoms with E-state index in [0.717, 1.165) is 11.1 Å². The SMILES string of the molecule is NC/C=C/CNCc1cccc2c1CN(C1CCC(=O)NC1=O)C2=O. The number of nitrogens with one attached hydrogen (secondary N) is 2. The topological polar surface area (TPSA) is 105 Å². The first kappa shape index (κ1) is 17.3. The summed E-state index contributed by atoms with van der Waals surface area (Å²) in [4.78, 5) is 37.7. The van der Waals surface area contributed by atoms with Crippen molar-refractivity contribution < 1.29 is 14.4 Å². The van der Waals surface area contributed by atoms with E-state index in [1.165, 1.54) is 0 Å². The first-order valence-corrected chi connectivity index (χ1v) is 8.43. The molecule has 0 aliphatic carbocycles. The van der Waals surface area contributed by atoms with Crippen LogP contribution >= 0.6 is 0 Å². The summed E-state index contributed by atoms with van der Waals surface area (Å²) in [6.07, 6.45) is 4.49.